The summed E-state index contributed by atoms with van der Waals surface area (Å²) in [6.07, 6.45) is -9.75. The third-order valence-electron chi connectivity index (χ3n) is 0.828. The first-order chi connectivity index (χ1) is 6.10. The predicted octanol–water partition coefficient (Wildman–Crippen LogP) is 1.34. The van der Waals surface area contributed by atoms with Gasteiger partial charge < -0.3 is 0 Å². The van der Waals surface area contributed by atoms with Crippen molar-refractivity contribution < 1.29 is 44.0 Å². The Morgan fingerprint density at radius 3 is 1.79 bits per heavy atom. The number of alkyl halides is 5. The molecule has 0 aromatic rings. The molecule has 11 heteroatoms. The Morgan fingerprint density at radius 2 is 1.57 bits per heavy atom. The minimum atomic E-state index is -5.75. The predicted molar refractivity (Wildman–Crippen MR) is 28.0 cm³/mol. The zero-order chi connectivity index (χ0) is 11.6. The van der Waals surface area contributed by atoms with Crippen LogP contribution < -0.4 is 0 Å². The van der Waals surface area contributed by atoms with E-state index in [1.54, 1.807) is 0 Å². The molecular formula is C3H2F6O4S. The highest BCUT2D eigenvalue weighted by atomic mass is 32.2. The third kappa shape index (κ3) is 4.11. The van der Waals surface area contributed by atoms with E-state index in [-0.39, 0.29) is 0 Å². The smallest absolute Gasteiger partial charge is 0.263 e. The summed E-state index contributed by atoms with van der Waals surface area (Å²) in [6.45, 7) is 0. The second-order valence-corrected chi connectivity index (χ2v) is 3.40. The standard InChI is InChI=1S/C3H2F6O4S/c4-1(5)2(12-3(6,7)8)14(10,11)13-9/h1-2H. The Balaban J connectivity index is 4.81. The molecule has 0 saturated carbocycles. The maximum absolute atomic E-state index is 11.7. The molecule has 0 aromatic heterocycles. The SMILES string of the molecule is O=S(=O)(OF)C(OC(F)(F)F)C(F)F. The molecule has 0 radical (unpaired) electrons. The number of halogens is 6. The van der Waals surface area contributed by atoms with E-state index in [2.05, 4.69) is 4.74 Å². The average molecular weight is 248 g/mol. The van der Waals surface area contributed by atoms with Crippen LogP contribution in [0.2, 0.25) is 0 Å². The molecule has 86 valence electrons. The van der Waals surface area contributed by atoms with Crippen molar-refractivity contribution in [2.75, 3.05) is 0 Å². The van der Waals surface area contributed by atoms with Crippen molar-refractivity contribution in [3.05, 3.63) is 0 Å². The highest BCUT2D eigenvalue weighted by molar-refractivity contribution is 7.87. The van der Waals surface area contributed by atoms with Crippen molar-refractivity contribution >= 4 is 10.1 Å². The minimum Gasteiger partial charge on any atom is -0.263 e. The first-order valence-electron chi connectivity index (χ1n) is 2.67. The van der Waals surface area contributed by atoms with Gasteiger partial charge >= 0.3 is 16.5 Å². The second-order valence-electron chi connectivity index (χ2n) is 1.82. The number of ether oxygens (including phenoxy) is 1. The normalized spacial score (nSPS) is 15.9. The summed E-state index contributed by atoms with van der Waals surface area (Å²) in [5.41, 5.74) is -3.74. The molecule has 0 spiro atoms. The minimum absolute atomic E-state index is 1.97. The fourth-order valence-corrected chi connectivity index (χ4v) is 0.955. The van der Waals surface area contributed by atoms with Crippen molar-refractivity contribution in [1.82, 2.24) is 0 Å². The van der Waals surface area contributed by atoms with Gasteiger partial charge in [0, 0.05) is 0 Å². The Labute approximate surface area is 73.4 Å². The molecule has 0 aromatic carbocycles. The Kier molecular flexibility index (Phi) is 4.15. The first kappa shape index (κ1) is 13.4. The summed E-state index contributed by atoms with van der Waals surface area (Å²) in [6, 6.07) is 0. The van der Waals surface area contributed by atoms with E-state index >= 15 is 0 Å². The Bertz CT molecular complexity index is 269. The molecule has 0 bridgehead atoms. The number of hydrogen-bond donors (Lipinski definition) is 0. The van der Waals surface area contributed by atoms with E-state index in [4.69, 9.17) is 0 Å². The van der Waals surface area contributed by atoms with Crippen LogP contribution >= 0.6 is 0 Å². The lowest BCUT2D eigenvalue weighted by Gasteiger charge is -2.15. The van der Waals surface area contributed by atoms with Gasteiger partial charge in [0.1, 0.15) is 0 Å². The lowest BCUT2D eigenvalue weighted by atomic mass is 10.7. The van der Waals surface area contributed by atoms with Crippen LogP contribution in [-0.4, -0.2) is 26.6 Å². The molecule has 0 N–H and O–H groups in total. The van der Waals surface area contributed by atoms with Gasteiger partial charge in [-0.3, -0.25) is 4.74 Å². The topological polar surface area (TPSA) is 52.6 Å². The van der Waals surface area contributed by atoms with E-state index in [0.717, 1.165) is 0 Å². The molecule has 14 heavy (non-hydrogen) atoms. The van der Waals surface area contributed by atoms with Gasteiger partial charge in [0.25, 0.3) is 11.9 Å². The molecule has 0 fully saturated rings. The number of hydrogen-bond acceptors (Lipinski definition) is 4. The average Bonchev–Trinajstić information content (AvgIpc) is 1.98. The Hall–Kier alpha value is -0.550. The van der Waals surface area contributed by atoms with Crippen LogP contribution in [0.25, 0.3) is 0 Å². The van der Waals surface area contributed by atoms with Crippen LogP contribution in [0, 0.1) is 0 Å². The van der Waals surface area contributed by atoms with Crippen molar-refractivity contribution in [1.29, 1.82) is 0 Å². The third-order valence-corrected chi connectivity index (χ3v) is 1.87. The van der Waals surface area contributed by atoms with Crippen LogP contribution in [0.4, 0.5) is 26.5 Å². The molecular weight excluding hydrogens is 246 g/mol. The summed E-state index contributed by atoms with van der Waals surface area (Å²) in [5.74, 6) is 0. The highest BCUT2D eigenvalue weighted by Crippen LogP contribution is 2.25. The number of rotatable bonds is 4. The molecule has 0 aliphatic carbocycles. The fraction of sp³-hybridized carbons (Fsp3) is 1.00. The summed E-state index contributed by atoms with van der Waals surface area (Å²) < 4.78 is 93.1. The molecule has 4 nitrogen and oxygen atoms in total. The van der Waals surface area contributed by atoms with E-state index in [1.165, 1.54) is 0 Å². The lowest BCUT2D eigenvalue weighted by molar-refractivity contribution is -0.341. The summed E-state index contributed by atoms with van der Waals surface area (Å²) in [7, 11) is -5.75. The van der Waals surface area contributed by atoms with E-state index in [9.17, 15) is 34.9 Å². The first-order valence-corrected chi connectivity index (χ1v) is 4.14. The van der Waals surface area contributed by atoms with Gasteiger partial charge in [0.05, 0.1) is 0 Å². The monoisotopic (exact) mass is 248 g/mol. The lowest BCUT2D eigenvalue weighted by Crippen LogP contribution is -2.36. The van der Waals surface area contributed by atoms with Crippen LogP contribution in [0.1, 0.15) is 0 Å². The second kappa shape index (κ2) is 4.31. The zero-order valence-electron chi connectivity index (χ0n) is 5.96. The van der Waals surface area contributed by atoms with Crippen molar-refractivity contribution in [2.45, 2.75) is 18.2 Å². The quantitative estimate of drug-likeness (QED) is 0.704. The van der Waals surface area contributed by atoms with Crippen LogP contribution in [-0.2, 0) is 19.2 Å². The summed E-state index contributed by atoms with van der Waals surface area (Å²) in [4.78, 5) is 0. The van der Waals surface area contributed by atoms with Gasteiger partial charge in [-0.05, 0) is 4.53 Å². The Morgan fingerprint density at radius 1 is 1.14 bits per heavy atom. The van der Waals surface area contributed by atoms with Gasteiger partial charge in [-0.1, -0.05) is 4.39 Å². The van der Waals surface area contributed by atoms with Crippen molar-refractivity contribution in [3.8, 4) is 0 Å². The molecule has 0 aliphatic heterocycles. The maximum Gasteiger partial charge on any atom is 0.524 e. The van der Waals surface area contributed by atoms with Gasteiger partial charge in [-0.15, -0.1) is 13.2 Å². The van der Waals surface area contributed by atoms with Gasteiger partial charge in [0.15, 0.2) is 0 Å². The zero-order valence-corrected chi connectivity index (χ0v) is 6.78. The molecule has 1 atom stereocenters. The molecule has 0 aliphatic rings. The van der Waals surface area contributed by atoms with Crippen LogP contribution in [0.15, 0.2) is 0 Å². The van der Waals surface area contributed by atoms with E-state index in [1.807, 2.05) is 4.39 Å². The van der Waals surface area contributed by atoms with Crippen LogP contribution in [0.3, 0.4) is 0 Å². The van der Waals surface area contributed by atoms with Crippen molar-refractivity contribution in [3.63, 3.8) is 0 Å². The van der Waals surface area contributed by atoms with Gasteiger partial charge in [-0.25, -0.2) is 8.78 Å². The van der Waals surface area contributed by atoms with Gasteiger partial charge in [0.2, 0.25) is 0 Å². The van der Waals surface area contributed by atoms with E-state index < -0.39 is 28.3 Å². The largest absolute Gasteiger partial charge is 0.524 e. The van der Waals surface area contributed by atoms with Crippen LogP contribution in [0.5, 0.6) is 0 Å². The molecule has 0 heterocycles. The molecule has 1 unspecified atom stereocenters. The molecule has 0 amide bonds. The molecule has 0 saturated heterocycles. The fourth-order valence-electron chi connectivity index (χ4n) is 0.404. The summed E-state index contributed by atoms with van der Waals surface area (Å²) >= 11 is 0. The van der Waals surface area contributed by atoms with Gasteiger partial charge in [-0.2, -0.15) is 8.42 Å². The summed E-state index contributed by atoms with van der Waals surface area (Å²) in [5, 5.41) is 0. The van der Waals surface area contributed by atoms with Crippen molar-refractivity contribution in [2.24, 2.45) is 0 Å². The van der Waals surface area contributed by atoms with E-state index in [0.29, 0.717) is 0 Å². The molecule has 0 rings (SSSR count). The maximum atomic E-state index is 11.7. The highest BCUT2D eigenvalue weighted by Gasteiger charge is 2.46.